The Bertz CT molecular complexity index is 509. The first-order valence-electron chi connectivity index (χ1n) is 4.71. The molecule has 0 spiro atoms. The molecule has 2 aromatic heterocycles. The highest BCUT2D eigenvalue weighted by atomic mass is 79.9. The monoisotopic (exact) mass is 281 g/mol. The average molecular weight is 282 g/mol. The predicted octanol–water partition coefficient (Wildman–Crippen LogP) is 3.51. The Hall–Kier alpha value is -0.870. The fourth-order valence-corrected chi connectivity index (χ4v) is 3.42. The van der Waals surface area contributed by atoms with Crippen LogP contribution in [0.3, 0.4) is 0 Å². The van der Waals surface area contributed by atoms with E-state index in [1.165, 1.54) is 10.4 Å². The van der Waals surface area contributed by atoms with Crippen LogP contribution in [0.2, 0.25) is 0 Å². The summed E-state index contributed by atoms with van der Waals surface area (Å²) in [6.07, 6.45) is 2.77. The molecule has 1 aliphatic rings. The van der Waals surface area contributed by atoms with Crippen molar-refractivity contribution < 1.29 is 4.74 Å². The highest BCUT2D eigenvalue weighted by molar-refractivity contribution is 9.11. The Morgan fingerprint density at radius 1 is 1.47 bits per heavy atom. The maximum atomic E-state index is 5.66. The molecule has 0 aliphatic carbocycles. The normalized spacial score (nSPS) is 13.7. The van der Waals surface area contributed by atoms with Gasteiger partial charge in [-0.05, 0) is 34.1 Å². The van der Waals surface area contributed by atoms with Gasteiger partial charge in [-0.15, -0.1) is 11.3 Å². The lowest BCUT2D eigenvalue weighted by atomic mass is 10.1. The summed E-state index contributed by atoms with van der Waals surface area (Å²) in [6, 6.07) is 6.01. The average Bonchev–Trinajstić information content (AvgIpc) is 2.52. The number of aromatic nitrogens is 1. The van der Waals surface area contributed by atoms with Crippen LogP contribution in [0, 0.1) is 0 Å². The number of ether oxygens (including phenoxy) is 1. The van der Waals surface area contributed by atoms with Crippen LogP contribution < -0.4 is 4.74 Å². The van der Waals surface area contributed by atoms with Crippen LogP contribution >= 0.6 is 27.3 Å². The zero-order valence-corrected chi connectivity index (χ0v) is 10.3. The van der Waals surface area contributed by atoms with Crippen molar-refractivity contribution in [1.29, 1.82) is 0 Å². The molecule has 2 aromatic rings. The molecule has 3 heterocycles. The quantitative estimate of drug-likeness (QED) is 0.737. The van der Waals surface area contributed by atoms with Crippen molar-refractivity contribution in [3.05, 3.63) is 33.1 Å². The maximum absolute atomic E-state index is 5.66. The number of pyridine rings is 1. The predicted molar refractivity (Wildman–Crippen MR) is 64.4 cm³/mol. The number of nitrogens with zero attached hydrogens (tertiary/aromatic N) is 1. The molecule has 0 radical (unpaired) electrons. The lowest BCUT2D eigenvalue weighted by Crippen LogP contribution is -1.97. The van der Waals surface area contributed by atoms with Gasteiger partial charge in [-0.3, -0.25) is 4.98 Å². The molecule has 2 nitrogen and oxygen atoms in total. The van der Waals surface area contributed by atoms with E-state index in [0.717, 1.165) is 28.3 Å². The first-order valence-corrected chi connectivity index (χ1v) is 6.32. The summed E-state index contributed by atoms with van der Waals surface area (Å²) in [5.74, 6) is 0.890. The van der Waals surface area contributed by atoms with Crippen molar-refractivity contribution >= 4 is 27.3 Å². The summed E-state index contributed by atoms with van der Waals surface area (Å²) in [6.45, 7) is 0.735. The number of halogens is 1. The van der Waals surface area contributed by atoms with Gasteiger partial charge in [0, 0.05) is 23.1 Å². The Labute approximate surface area is 100 Å². The molecule has 0 N–H and O–H groups in total. The lowest BCUT2D eigenvalue weighted by molar-refractivity contribution is 0.326. The van der Waals surface area contributed by atoms with E-state index in [-0.39, 0.29) is 0 Å². The first kappa shape index (κ1) is 9.36. The molecule has 0 fully saturated rings. The van der Waals surface area contributed by atoms with Crippen LogP contribution in [0.4, 0.5) is 0 Å². The van der Waals surface area contributed by atoms with E-state index in [1.807, 2.05) is 18.3 Å². The smallest absolute Gasteiger partial charge is 0.145 e. The van der Waals surface area contributed by atoms with Gasteiger partial charge >= 0.3 is 0 Å². The Balaban J connectivity index is 2.26. The summed E-state index contributed by atoms with van der Waals surface area (Å²) in [5.41, 5.74) is 2.17. The number of fused-ring (bicyclic) bond motifs is 3. The van der Waals surface area contributed by atoms with E-state index in [2.05, 4.69) is 27.0 Å². The zero-order valence-electron chi connectivity index (χ0n) is 7.87. The minimum atomic E-state index is 0.735. The van der Waals surface area contributed by atoms with Crippen LogP contribution in [-0.2, 0) is 6.42 Å². The molecule has 4 heteroatoms. The Morgan fingerprint density at radius 2 is 2.40 bits per heavy atom. The van der Waals surface area contributed by atoms with Gasteiger partial charge in [-0.1, -0.05) is 0 Å². The van der Waals surface area contributed by atoms with Gasteiger partial charge in [0.25, 0.3) is 0 Å². The molecule has 76 valence electrons. The fourth-order valence-electron chi connectivity index (χ4n) is 1.75. The zero-order chi connectivity index (χ0) is 10.3. The van der Waals surface area contributed by atoms with Crippen molar-refractivity contribution in [3.63, 3.8) is 0 Å². The summed E-state index contributed by atoms with van der Waals surface area (Å²) in [7, 11) is 0. The Kier molecular flexibility index (Phi) is 2.25. The minimum Gasteiger partial charge on any atom is -0.491 e. The molecule has 0 atom stereocenters. The van der Waals surface area contributed by atoms with Crippen LogP contribution in [0.15, 0.2) is 28.2 Å². The third kappa shape index (κ3) is 1.58. The van der Waals surface area contributed by atoms with E-state index in [1.54, 1.807) is 11.3 Å². The molecule has 0 amide bonds. The van der Waals surface area contributed by atoms with E-state index in [0.29, 0.717) is 0 Å². The number of hydrogen-bond donors (Lipinski definition) is 0. The topological polar surface area (TPSA) is 22.1 Å². The van der Waals surface area contributed by atoms with Crippen LogP contribution in [-0.4, -0.2) is 11.6 Å². The standard InChI is InChI=1S/C11H8BrNOS/c12-10-6-7-9(15-10)3-5-14-8-2-1-4-13-11(7)8/h1-2,4,6H,3,5H2. The minimum absolute atomic E-state index is 0.735. The van der Waals surface area contributed by atoms with Gasteiger partial charge < -0.3 is 4.74 Å². The maximum Gasteiger partial charge on any atom is 0.145 e. The van der Waals surface area contributed by atoms with Crippen molar-refractivity contribution in [1.82, 2.24) is 4.98 Å². The third-order valence-electron chi connectivity index (χ3n) is 2.39. The molecule has 1 aliphatic heterocycles. The summed E-state index contributed by atoms with van der Waals surface area (Å²) < 4.78 is 6.82. The Morgan fingerprint density at radius 3 is 3.33 bits per heavy atom. The van der Waals surface area contributed by atoms with Crippen LogP contribution in [0.25, 0.3) is 11.3 Å². The van der Waals surface area contributed by atoms with Crippen LogP contribution in [0.5, 0.6) is 5.75 Å². The third-order valence-corrected chi connectivity index (χ3v) is 4.09. The molecule has 0 bridgehead atoms. The molecular weight excluding hydrogens is 274 g/mol. The molecule has 0 unspecified atom stereocenters. The van der Waals surface area contributed by atoms with Crippen molar-refractivity contribution in [3.8, 4) is 17.0 Å². The second-order valence-electron chi connectivity index (χ2n) is 3.34. The molecule has 0 aromatic carbocycles. The van der Waals surface area contributed by atoms with Gasteiger partial charge in [-0.25, -0.2) is 0 Å². The second-order valence-corrected chi connectivity index (χ2v) is 5.85. The van der Waals surface area contributed by atoms with Crippen molar-refractivity contribution in [2.45, 2.75) is 6.42 Å². The van der Waals surface area contributed by atoms with E-state index < -0.39 is 0 Å². The molecule has 3 rings (SSSR count). The largest absolute Gasteiger partial charge is 0.491 e. The van der Waals surface area contributed by atoms with Gasteiger partial charge in [0.1, 0.15) is 11.4 Å². The second kappa shape index (κ2) is 3.61. The van der Waals surface area contributed by atoms with Crippen molar-refractivity contribution in [2.75, 3.05) is 6.61 Å². The highest BCUT2D eigenvalue weighted by Gasteiger charge is 2.18. The van der Waals surface area contributed by atoms with E-state index in [4.69, 9.17) is 4.74 Å². The summed E-state index contributed by atoms with van der Waals surface area (Å²) >= 11 is 5.28. The summed E-state index contributed by atoms with van der Waals surface area (Å²) in [5, 5.41) is 0. The number of rotatable bonds is 0. The van der Waals surface area contributed by atoms with Gasteiger partial charge in [0.15, 0.2) is 0 Å². The van der Waals surface area contributed by atoms with E-state index in [9.17, 15) is 0 Å². The number of hydrogen-bond acceptors (Lipinski definition) is 3. The molecule has 0 saturated heterocycles. The molecular formula is C11H8BrNOS. The lowest BCUT2D eigenvalue weighted by Gasteiger charge is -2.04. The molecule has 15 heavy (non-hydrogen) atoms. The number of thiophene rings is 1. The highest BCUT2D eigenvalue weighted by Crippen LogP contribution is 2.39. The van der Waals surface area contributed by atoms with Crippen molar-refractivity contribution in [2.24, 2.45) is 0 Å². The first-order chi connectivity index (χ1) is 7.34. The van der Waals surface area contributed by atoms with Crippen LogP contribution in [0.1, 0.15) is 4.88 Å². The van der Waals surface area contributed by atoms with E-state index >= 15 is 0 Å². The SMILES string of the molecule is Brc1cc2c(s1)CCOc1cccnc1-2. The molecule has 0 saturated carbocycles. The van der Waals surface area contributed by atoms with Gasteiger partial charge in [0.05, 0.1) is 10.4 Å². The summed E-state index contributed by atoms with van der Waals surface area (Å²) in [4.78, 5) is 5.74. The van der Waals surface area contributed by atoms with Gasteiger partial charge in [-0.2, -0.15) is 0 Å². The van der Waals surface area contributed by atoms with Gasteiger partial charge in [0.2, 0.25) is 0 Å². The fraction of sp³-hybridized carbons (Fsp3) is 0.182.